The molecule has 0 spiro atoms. The lowest BCUT2D eigenvalue weighted by Gasteiger charge is -2.25. The van der Waals surface area contributed by atoms with Crippen LogP contribution in [-0.2, 0) is 0 Å². The molecule has 0 aliphatic carbocycles. The Morgan fingerprint density at radius 1 is 1.41 bits per heavy atom. The maximum atomic E-state index is 13.5. The van der Waals surface area contributed by atoms with E-state index >= 15 is 0 Å². The van der Waals surface area contributed by atoms with Crippen molar-refractivity contribution in [2.24, 2.45) is 0 Å². The summed E-state index contributed by atoms with van der Waals surface area (Å²) >= 11 is 0. The minimum absolute atomic E-state index is 0.128. The summed E-state index contributed by atoms with van der Waals surface area (Å²) < 4.78 is 18.9. The number of aliphatic hydroxyl groups excluding tert-OH is 1. The third kappa shape index (κ3) is 3.01. The monoisotopic (exact) mass is 303 g/mol. The molecule has 2 heterocycles. The van der Waals surface area contributed by atoms with Crippen molar-refractivity contribution in [1.29, 1.82) is 0 Å². The van der Waals surface area contributed by atoms with Gasteiger partial charge in [0.15, 0.2) is 5.82 Å². The zero-order chi connectivity index (χ0) is 15.5. The van der Waals surface area contributed by atoms with Crippen molar-refractivity contribution in [1.82, 2.24) is 9.97 Å². The van der Waals surface area contributed by atoms with Crippen LogP contribution in [0.15, 0.2) is 36.7 Å². The summed E-state index contributed by atoms with van der Waals surface area (Å²) in [5, 5.41) is 10.0. The molecule has 6 heteroatoms. The molecule has 3 rings (SSSR count). The van der Waals surface area contributed by atoms with Crippen LogP contribution < -0.4 is 9.64 Å². The summed E-state index contributed by atoms with van der Waals surface area (Å²) in [7, 11) is 0. The molecule has 0 bridgehead atoms. The van der Waals surface area contributed by atoms with E-state index in [2.05, 4.69) is 9.97 Å². The van der Waals surface area contributed by atoms with Crippen LogP contribution in [-0.4, -0.2) is 34.3 Å². The van der Waals surface area contributed by atoms with Crippen molar-refractivity contribution in [3.8, 4) is 5.88 Å². The number of β-amino-alcohol motifs (C(OH)–C–C–N with tert-alkyl or cyclic N) is 1. The minimum Gasteiger partial charge on any atom is -0.477 e. The second-order valence-corrected chi connectivity index (χ2v) is 5.26. The first-order valence-electron chi connectivity index (χ1n) is 7.32. The predicted octanol–water partition coefficient (Wildman–Crippen LogP) is 2.33. The molecule has 0 amide bonds. The number of nitrogens with zero attached hydrogens (tertiary/aromatic N) is 3. The Bertz CT molecular complexity index is 653. The Morgan fingerprint density at radius 2 is 2.27 bits per heavy atom. The van der Waals surface area contributed by atoms with Crippen LogP contribution in [0.3, 0.4) is 0 Å². The molecule has 1 saturated heterocycles. The molecular weight excluding hydrogens is 285 g/mol. The molecule has 1 aromatic carbocycles. The van der Waals surface area contributed by atoms with Crippen LogP contribution >= 0.6 is 0 Å². The van der Waals surface area contributed by atoms with Crippen LogP contribution in [0.2, 0.25) is 0 Å². The van der Waals surface area contributed by atoms with E-state index in [0.29, 0.717) is 31.3 Å². The maximum Gasteiger partial charge on any atom is 0.234 e. The van der Waals surface area contributed by atoms with Crippen LogP contribution in [0.4, 0.5) is 10.2 Å². The highest BCUT2D eigenvalue weighted by Gasteiger charge is 2.33. The second-order valence-electron chi connectivity index (χ2n) is 5.26. The molecule has 22 heavy (non-hydrogen) atoms. The van der Waals surface area contributed by atoms with Gasteiger partial charge in [0, 0.05) is 6.54 Å². The number of hydrogen-bond acceptors (Lipinski definition) is 5. The molecular formula is C16H18FN3O2. The molecule has 116 valence electrons. The van der Waals surface area contributed by atoms with Gasteiger partial charge in [0.05, 0.1) is 31.1 Å². The Morgan fingerprint density at radius 3 is 3.05 bits per heavy atom. The Balaban J connectivity index is 1.92. The summed E-state index contributed by atoms with van der Waals surface area (Å²) in [5.74, 6) is 0.782. The van der Waals surface area contributed by atoms with Crippen LogP contribution in [0.25, 0.3) is 0 Å². The number of halogens is 1. The van der Waals surface area contributed by atoms with Crippen LogP contribution in [0.5, 0.6) is 5.88 Å². The Labute approximate surface area is 128 Å². The number of aliphatic hydroxyl groups is 1. The van der Waals surface area contributed by atoms with E-state index in [0.717, 1.165) is 5.56 Å². The van der Waals surface area contributed by atoms with Gasteiger partial charge in [-0.3, -0.25) is 4.98 Å². The summed E-state index contributed by atoms with van der Waals surface area (Å²) in [6.45, 7) is 2.82. The maximum absolute atomic E-state index is 13.5. The molecule has 1 aromatic heterocycles. The molecule has 0 unspecified atom stereocenters. The minimum atomic E-state index is -0.481. The van der Waals surface area contributed by atoms with Crippen molar-refractivity contribution in [2.75, 3.05) is 18.1 Å². The van der Waals surface area contributed by atoms with Gasteiger partial charge in [-0.05, 0) is 31.0 Å². The van der Waals surface area contributed by atoms with E-state index in [-0.39, 0.29) is 11.9 Å². The standard InChI is InChI=1S/C16H18FN3O2/c1-2-22-16-9-18-8-15(19-16)20-10-13(21)7-14(20)11-4-3-5-12(17)6-11/h3-6,8-9,13-14,21H,2,7,10H2,1H3/t13-,14-/m0/s1. The third-order valence-corrected chi connectivity index (χ3v) is 3.70. The summed E-state index contributed by atoms with van der Waals surface area (Å²) in [4.78, 5) is 10.5. The Kier molecular flexibility index (Phi) is 4.20. The number of benzene rings is 1. The third-order valence-electron chi connectivity index (χ3n) is 3.70. The van der Waals surface area contributed by atoms with E-state index in [9.17, 15) is 9.50 Å². The Hall–Kier alpha value is -2.21. The fourth-order valence-electron chi connectivity index (χ4n) is 2.79. The lowest BCUT2D eigenvalue weighted by atomic mass is 10.0. The molecule has 1 aliphatic heterocycles. The first-order chi connectivity index (χ1) is 10.7. The van der Waals surface area contributed by atoms with Gasteiger partial charge in [-0.15, -0.1) is 0 Å². The number of rotatable bonds is 4. The van der Waals surface area contributed by atoms with Gasteiger partial charge in [-0.25, -0.2) is 4.39 Å². The van der Waals surface area contributed by atoms with Gasteiger partial charge in [0.25, 0.3) is 0 Å². The highest BCUT2D eigenvalue weighted by molar-refractivity contribution is 5.44. The molecule has 1 aliphatic rings. The van der Waals surface area contributed by atoms with Crippen LogP contribution in [0.1, 0.15) is 24.9 Å². The zero-order valence-electron chi connectivity index (χ0n) is 12.3. The highest BCUT2D eigenvalue weighted by atomic mass is 19.1. The quantitative estimate of drug-likeness (QED) is 0.939. The van der Waals surface area contributed by atoms with Crippen molar-refractivity contribution in [3.63, 3.8) is 0 Å². The molecule has 2 aromatic rings. The lowest BCUT2D eigenvalue weighted by molar-refractivity contribution is 0.194. The molecule has 0 radical (unpaired) electrons. The SMILES string of the molecule is CCOc1cncc(N2C[C@@H](O)C[C@H]2c2cccc(F)c2)n1. The van der Waals surface area contributed by atoms with Crippen molar-refractivity contribution in [3.05, 3.63) is 48.0 Å². The summed E-state index contributed by atoms with van der Waals surface area (Å²) in [6.07, 6.45) is 3.24. The summed E-state index contributed by atoms with van der Waals surface area (Å²) in [5.41, 5.74) is 0.820. The van der Waals surface area contributed by atoms with Crippen molar-refractivity contribution < 1.29 is 14.2 Å². The van der Waals surface area contributed by atoms with Gasteiger partial charge >= 0.3 is 0 Å². The first kappa shape index (κ1) is 14.7. The zero-order valence-corrected chi connectivity index (χ0v) is 12.3. The average molecular weight is 303 g/mol. The summed E-state index contributed by atoms with van der Waals surface area (Å²) in [6, 6.07) is 6.32. The van der Waals surface area contributed by atoms with Crippen molar-refractivity contribution in [2.45, 2.75) is 25.5 Å². The van der Waals surface area contributed by atoms with Gasteiger partial charge in [-0.2, -0.15) is 4.98 Å². The van der Waals surface area contributed by atoms with Crippen LogP contribution in [0, 0.1) is 5.82 Å². The van der Waals surface area contributed by atoms with Crippen molar-refractivity contribution >= 4 is 5.82 Å². The number of ether oxygens (including phenoxy) is 1. The highest BCUT2D eigenvalue weighted by Crippen LogP contribution is 2.35. The average Bonchev–Trinajstić information content (AvgIpc) is 2.90. The lowest BCUT2D eigenvalue weighted by Crippen LogP contribution is -2.25. The van der Waals surface area contributed by atoms with Gasteiger partial charge in [-0.1, -0.05) is 12.1 Å². The van der Waals surface area contributed by atoms with E-state index in [1.165, 1.54) is 12.1 Å². The topological polar surface area (TPSA) is 58.5 Å². The number of aromatic nitrogens is 2. The van der Waals surface area contributed by atoms with Gasteiger partial charge < -0.3 is 14.7 Å². The predicted molar refractivity (Wildman–Crippen MR) is 80.3 cm³/mol. The van der Waals surface area contributed by atoms with Gasteiger partial charge in [0.2, 0.25) is 5.88 Å². The fraction of sp³-hybridized carbons (Fsp3) is 0.375. The largest absolute Gasteiger partial charge is 0.477 e. The molecule has 5 nitrogen and oxygen atoms in total. The molecule has 1 N–H and O–H groups in total. The first-order valence-corrected chi connectivity index (χ1v) is 7.32. The molecule has 0 saturated carbocycles. The molecule has 1 fully saturated rings. The molecule has 2 atom stereocenters. The van der Waals surface area contributed by atoms with E-state index in [1.807, 2.05) is 17.9 Å². The van der Waals surface area contributed by atoms with E-state index in [4.69, 9.17) is 4.74 Å². The number of anilines is 1. The smallest absolute Gasteiger partial charge is 0.234 e. The van der Waals surface area contributed by atoms with E-state index in [1.54, 1.807) is 18.5 Å². The normalized spacial score (nSPS) is 21.1. The van der Waals surface area contributed by atoms with E-state index < -0.39 is 6.10 Å². The second kappa shape index (κ2) is 6.27. The number of hydrogen-bond donors (Lipinski definition) is 1. The fourth-order valence-corrected chi connectivity index (χ4v) is 2.79. The van der Waals surface area contributed by atoms with Gasteiger partial charge in [0.1, 0.15) is 5.82 Å².